The number of nitrogens with zero attached hydrogens (tertiary/aromatic N) is 1. The molecule has 3 aromatic rings. The van der Waals surface area contributed by atoms with E-state index >= 15 is 0 Å². The van der Waals surface area contributed by atoms with Crippen molar-refractivity contribution in [3.05, 3.63) is 105 Å². The van der Waals surface area contributed by atoms with Crippen LogP contribution in [0.15, 0.2) is 77.7 Å². The fourth-order valence-electron chi connectivity index (χ4n) is 2.97. The summed E-state index contributed by atoms with van der Waals surface area (Å²) in [7, 11) is 0. The van der Waals surface area contributed by atoms with Crippen LogP contribution < -0.4 is 4.74 Å². The van der Waals surface area contributed by atoms with E-state index < -0.39 is 0 Å². The van der Waals surface area contributed by atoms with Crippen LogP contribution in [-0.2, 0) is 17.9 Å². The van der Waals surface area contributed by atoms with Gasteiger partial charge in [-0.25, -0.2) is 4.39 Å². The smallest absolute Gasteiger partial charge is 0.293 e. The van der Waals surface area contributed by atoms with Crippen molar-refractivity contribution >= 4 is 40.6 Å². The molecule has 2 amide bonds. The van der Waals surface area contributed by atoms with Gasteiger partial charge >= 0.3 is 0 Å². The standard InChI is InChI=1S/C24H17ClFNO3S/c25-19-7-1-17(2-8-19)14-27-23(28)22(31-24(27)29)13-16-5-11-21(12-6-16)30-15-18-3-9-20(26)10-4-18/h1-13H,14-15H2/b22-13-. The minimum atomic E-state index is -0.318. The molecule has 1 aliphatic heterocycles. The van der Waals surface area contributed by atoms with Crippen LogP contribution in [0.5, 0.6) is 5.75 Å². The van der Waals surface area contributed by atoms with E-state index in [-0.39, 0.29) is 23.5 Å². The highest BCUT2D eigenvalue weighted by Gasteiger charge is 2.34. The lowest BCUT2D eigenvalue weighted by Crippen LogP contribution is -2.27. The lowest BCUT2D eigenvalue weighted by molar-refractivity contribution is -0.123. The van der Waals surface area contributed by atoms with Gasteiger partial charge in [-0.05, 0) is 70.9 Å². The largest absolute Gasteiger partial charge is 0.489 e. The van der Waals surface area contributed by atoms with Crippen LogP contribution in [0.2, 0.25) is 5.02 Å². The second-order valence-electron chi connectivity index (χ2n) is 6.88. The summed E-state index contributed by atoms with van der Waals surface area (Å²) < 4.78 is 18.7. The fourth-order valence-corrected chi connectivity index (χ4v) is 3.93. The number of amides is 2. The summed E-state index contributed by atoms with van der Waals surface area (Å²) in [5, 5.41) is 0.299. The summed E-state index contributed by atoms with van der Waals surface area (Å²) in [6, 6.07) is 20.4. The van der Waals surface area contributed by atoms with Crippen LogP contribution in [0.25, 0.3) is 6.08 Å². The Bertz CT molecular complexity index is 1130. The summed E-state index contributed by atoms with van der Waals surface area (Å²) >= 11 is 6.81. The monoisotopic (exact) mass is 453 g/mol. The van der Waals surface area contributed by atoms with E-state index in [1.807, 2.05) is 12.1 Å². The number of hydrogen-bond acceptors (Lipinski definition) is 4. The maximum Gasteiger partial charge on any atom is 0.293 e. The lowest BCUT2D eigenvalue weighted by Gasteiger charge is -2.12. The first kappa shape index (κ1) is 21.2. The highest BCUT2D eigenvalue weighted by Crippen LogP contribution is 2.33. The molecule has 3 aromatic carbocycles. The van der Waals surface area contributed by atoms with Gasteiger partial charge < -0.3 is 4.74 Å². The summed E-state index contributed by atoms with van der Waals surface area (Å²) in [5.74, 6) is 0.0459. The van der Waals surface area contributed by atoms with E-state index in [2.05, 4.69) is 0 Å². The average molecular weight is 454 g/mol. The van der Waals surface area contributed by atoms with E-state index in [0.29, 0.717) is 22.3 Å². The van der Waals surface area contributed by atoms with E-state index in [1.54, 1.807) is 54.6 Å². The zero-order chi connectivity index (χ0) is 21.8. The minimum absolute atomic E-state index is 0.204. The Labute approximate surface area is 188 Å². The minimum Gasteiger partial charge on any atom is -0.489 e. The Balaban J connectivity index is 1.39. The van der Waals surface area contributed by atoms with Crippen molar-refractivity contribution in [3.8, 4) is 5.75 Å². The van der Waals surface area contributed by atoms with Gasteiger partial charge in [0.1, 0.15) is 18.2 Å². The van der Waals surface area contributed by atoms with Gasteiger partial charge in [-0.3, -0.25) is 14.5 Å². The van der Waals surface area contributed by atoms with Crippen LogP contribution in [0.1, 0.15) is 16.7 Å². The van der Waals surface area contributed by atoms with Crippen LogP contribution in [-0.4, -0.2) is 16.0 Å². The van der Waals surface area contributed by atoms with Gasteiger partial charge in [-0.1, -0.05) is 48.0 Å². The predicted octanol–water partition coefficient (Wildman–Crippen LogP) is 6.29. The Hall–Kier alpha value is -3.09. The molecule has 7 heteroatoms. The van der Waals surface area contributed by atoms with E-state index in [9.17, 15) is 14.0 Å². The molecule has 156 valence electrons. The Morgan fingerprint density at radius 1 is 0.903 bits per heavy atom. The zero-order valence-electron chi connectivity index (χ0n) is 16.3. The summed E-state index contributed by atoms with van der Waals surface area (Å²) in [4.78, 5) is 26.6. The van der Waals surface area contributed by atoms with Crippen molar-refractivity contribution in [2.24, 2.45) is 0 Å². The molecule has 0 bridgehead atoms. The van der Waals surface area contributed by atoms with Crippen LogP contribution in [0, 0.1) is 5.82 Å². The van der Waals surface area contributed by atoms with Crippen LogP contribution in [0.4, 0.5) is 9.18 Å². The molecule has 0 aromatic heterocycles. The van der Waals surface area contributed by atoms with Gasteiger partial charge in [0.25, 0.3) is 11.1 Å². The van der Waals surface area contributed by atoms with Gasteiger partial charge in [-0.2, -0.15) is 0 Å². The molecule has 1 saturated heterocycles. The van der Waals surface area contributed by atoms with Gasteiger partial charge in [0.05, 0.1) is 11.4 Å². The normalized spacial score (nSPS) is 15.0. The van der Waals surface area contributed by atoms with Gasteiger partial charge in [0, 0.05) is 5.02 Å². The molecule has 1 heterocycles. The SMILES string of the molecule is O=C1S/C(=C\c2ccc(OCc3ccc(F)cc3)cc2)C(=O)N1Cc1ccc(Cl)cc1. The fraction of sp³-hybridized carbons (Fsp3) is 0.0833. The van der Waals surface area contributed by atoms with Crippen molar-refractivity contribution in [2.75, 3.05) is 0 Å². The molecule has 0 unspecified atom stereocenters. The first-order chi connectivity index (χ1) is 15.0. The van der Waals surface area contributed by atoms with Crippen molar-refractivity contribution in [2.45, 2.75) is 13.2 Å². The molecular weight excluding hydrogens is 437 g/mol. The molecule has 4 rings (SSSR count). The number of carbonyl (C=O) groups is 2. The third-order valence-electron chi connectivity index (χ3n) is 4.62. The van der Waals surface area contributed by atoms with Crippen LogP contribution in [0.3, 0.4) is 0 Å². The molecular formula is C24H17ClFNO3S. The maximum atomic E-state index is 13.0. The zero-order valence-corrected chi connectivity index (χ0v) is 17.8. The van der Waals surface area contributed by atoms with Crippen molar-refractivity contribution < 1.29 is 18.7 Å². The highest BCUT2D eigenvalue weighted by molar-refractivity contribution is 8.18. The van der Waals surface area contributed by atoms with Gasteiger partial charge in [0.15, 0.2) is 0 Å². The number of hydrogen-bond donors (Lipinski definition) is 0. The molecule has 0 saturated carbocycles. The quantitative estimate of drug-likeness (QED) is 0.411. The topological polar surface area (TPSA) is 46.6 Å². The third-order valence-corrected chi connectivity index (χ3v) is 5.78. The van der Waals surface area contributed by atoms with Crippen molar-refractivity contribution in [1.82, 2.24) is 4.90 Å². The summed E-state index contributed by atoms with van der Waals surface area (Å²) in [6.07, 6.45) is 1.69. The van der Waals surface area contributed by atoms with Gasteiger partial charge in [0.2, 0.25) is 0 Å². The molecule has 0 aliphatic carbocycles. The first-order valence-electron chi connectivity index (χ1n) is 9.45. The second-order valence-corrected chi connectivity index (χ2v) is 8.31. The maximum absolute atomic E-state index is 13.0. The Morgan fingerprint density at radius 3 is 2.23 bits per heavy atom. The highest BCUT2D eigenvalue weighted by atomic mass is 35.5. The van der Waals surface area contributed by atoms with E-state index in [0.717, 1.165) is 28.5 Å². The van der Waals surface area contributed by atoms with Gasteiger partial charge in [-0.15, -0.1) is 0 Å². The Kier molecular flexibility index (Phi) is 6.39. The Morgan fingerprint density at radius 2 is 1.55 bits per heavy atom. The number of imide groups is 1. The van der Waals surface area contributed by atoms with E-state index in [4.69, 9.17) is 16.3 Å². The third kappa shape index (κ3) is 5.34. The molecule has 31 heavy (non-hydrogen) atoms. The van der Waals surface area contributed by atoms with E-state index in [1.165, 1.54) is 17.0 Å². The molecule has 1 aliphatic rings. The van der Waals surface area contributed by atoms with Crippen LogP contribution >= 0.6 is 23.4 Å². The lowest BCUT2D eigenvalue weighted by atomic mass is 10.2. The molecule has 0 spiro atoms. The predicted molar refractivity (Wildman–Crippen MR) is 120 cm³/mol. The first-order valence-corrected chi connectivity index (χ1v) is 10.6. The number of thioether (sulfide) groups is 1. The molecule has 0 atom stereocenters. The molecule has 1 fully saturated rings. The molecule has 0 radical (unpaired) electrons. The second kappa shape index (κ2) is 9.37. The number of benzene rings is 3. The van der Waals surface area contributed by atoms with Crippen molar-refractivity contribution in [3.63, 3.8) is 0 Å². The number of carbonyl (C=O) groups excluding carboxylic acids is 2. The average Bonchev–Trinajstić information content (AvgIpc) is 3.03. The molecule has 4 nitrogen and oxygen atoms in total. The number of rotatable bonds is 6. The number of ether oxygens (including phenoxy) is 1. The molecule has 0 N–H and O–H groups in total. The van der Waals surface area contributed by atoms with Crippen molar-refractivity contribution in [1.29, 1.82) is 0 Å². The number of halogens is 2. The summed E-state index contributed by atoms with van der Waals surface area (Å²) in [6.45, 7) is 0.526. The summed E-state index contributed by atoms with van der Waals surface area (Å²) in [5.41, 5.74) is 2.47.